The molecule has 1 aromatic carbocycles. The molecule has 1 fully saturated rings. The second-order valence-electron chi connectivity index (χ2n) is 7.15. The first-order valence-electron chi connectivity index (χ1n) is 9.37. The van der Waals surface area contributed by atoms with Crippen LogP contribution in [-0.4, -0.2) is 46.7 Å². The molecular formula is C21H23ClN4O2. The number of hydrogen-bond acceptors (Lipinski definition) is 4. The maximum absolute atomic E-state index is 13.2. The third-order valence-electron chi connectivity index (χ3n) is 5.27. The van der Waals surface area contributed by atoms with Crippen LogP contribution in [0.2, 0.25) is 5.02 Å². The van der Waals surface area contributed by atoms with Crippen LogP contribution in [0.4, 0.5) is 5.69 Å². The highest BCUT2D eigenvalue weighted by Crippen LogP contribution is 2.27. The second-order valence-corrected chi connectivity index (χ2v) is 7.55. The van der Waals surface area contributed by atoms with Crippen LogP contribution in [0.15, 0.2) is 40.9 Å². The third-order valence-corrected chi connectivity index (χ3v) is 5.59. The van der Waals surface area contributed by atoms with Crippen molar-refractivity contribution < 1.29 is 9.32 Å². The zero-order valence-corrected chi connectivity index (χ0v) is 17.0. The summed E-state index contributed by atoms with van der Waals surface area (Å²) >= 11 is 6.31. The van der Waals surface area contributed by atoms with Crippen molar-refractivity contribution in [3.05, 3.63) is 64.1 Å². The molecule has 0 spiro atoms. The van der Waals surface area contributed by atoms with Crippen molar-refractivity contribution >= 4 is 23.2 Å². The van der Waals surface area contributed by atoms with Gasteiger partial charge < -0.3 is 14.3 Å². The van der Waals surface area contributed by atoms with E-state index in [0.29, 0.717) is 24.5 Å². The average molecular weight is 399 g/mol. The van der Waals surface area contributed by atoms with Crippen molar-refractivity contribution in [2.45, 2.75) is 20.8 Å². The molecule has 0 unspecified atom stereocenters. The van der Waals surface area contributed by atoms with Crippen molar-refractivity contribution in [3.63, 3.8) is 0 Å². The first-order chi connectivity index (χ1) is 13.5. The molecule has 7 heteroatoms. The van der Waals surface area contributed by atoms with E-state index < -0.39 is 0 Å². The number of anilines is 1. The van der Waals surface area contributed by atoms with Crippen molar-refractivity contribution in [2.75, 3.05) is 31.1 Å². The fraction of sp³-hybridized carbons (Fsp3) is 0.333. The number of amides is 1. The van der Waals surface area contributed by atoms with E-state index >= 15 is 0 Å². The normalized spacial score (nSPS) is 14.6. The van der Waals surface area contributed by atoms with E-state index in [1.54, 1.807) is 0 Å². The molecular weight excluding hydrogens is 376 g/mol. The fourth-order valence-corrected chi connectivity index (χ4v) is 4.07. The van der Waals surface area contributed by atoms with E-state index in [1.165, 1.54) is 0 Å². The topological polar surface area (TPSA) is 54.5 Å². The van der Waals surface area contributed by atoms with Crippen LogP contribution in [0.5, 0.6) is 0 Å². The first kappa shape index (κ1) is 18.6. The summed E-state index contributed by atoms with van der Waals surface area (Å²) in [7, 11) is 0. The smallest absolute Gasteiger partial charge is 0.255 e. The Hall–Kier alpha value is -2.73. The summed E-state index contributed by atoms with van der Waals surface area (Å²) in [5.74, 6) is 1.50. The molecule has 0 atom stereocenters. The number of halogens is 1. The van der Waals surface area contributed by atoms with Crippen LogP contribution >= 0.6 is 11.6 Å². The van der Waals surface area contributed by atoms with Crippen molar-refractivity contribution in [2.24, 2.45) is 0 Å². The van der Waals surface area contributed by atoms with Gasteiger partial charge in [-0.3, -0.25) is 9.36 Å². The average Bonchev–Trinajstić information content (AvgIpc) is 3.24. The second kappa shape index (κ2) is 7.36. The lowest BCUT2D eigenvalue weighted by molar-refractivity contribution is 0.0746. The highest BCUT2D eigenvalue weighted by Gasteiger charge is 2.26. The van der Waals surface area contributed by atoms with Gasteiger partial charge in [0.05, 0.1) is 16.3 Å². The maximum Gasteiger partial charge on any atom is 0.255 e. The van der Waals surface area contributed by atoms with Gasteiger partial charge in [0.25, 0.3) is 5.91 Å². The van der Waals surface area contributed by atoms with E-state index in [0.717, 1.165) is 40.9 Å². The molecule has 0 N–H and O–H groups in total. The van der Waals surface area contributed by atoms with E-state index in [1.807, 2.05) is 66.6 Å². The largest absolute Gasteiger partial charge is 0.367 e. The van der Waals surface area contributed by atoms with Crippen LogP contribution < -0.4 is 4.90 Å². The van der Waals surface area contributed by atoms with E-state index in [9.17, 15) is 4.79 Å². The number of piperazine rings is 1. The van der Waals surface area contributed by atoms with Crippen molar-refractivity contribution in [1.29, 1.82) is 0 Å². The number of rotatable bonds is 3. The monoisotopic (exact) mass is 398 g/mol. The Bertz CT molecular complexity index is 1020. The molecule has 0 saturated carbocycles. The van der Waals surface area contributed by atoms with Crippen LogP contribution in [-0.2, 0) is 0 Å². The molecule has 1 aliphatic heterocycles. The molecule has 0 radical (unpaired) electrons. The van der Waals surface area contributed by atoms with Gasteiger partial charge in [-0.05, 0) is 39.0 Å². The Kier molecular flexibility index (Phi) is 4.89. The summed E-state index contributed by atoms with van der Waals surface area (Å²) in [6.07, 6.45) is 0. The minimum absolute atomic E-state index is 0.0541. The molecule has 2 aromatic heterocycles. The van der Waals surface area contributed by atoms with Gasteiger partial charge in [0, 0.05) is 43.6 Å². The lowest BCUT2D eigenvalue weighted by Crippen LogP contribution is -2.49. The molecule has 0 bridgehead atoms. The summed E-state index contributed by atoms with van der Waals surface area (Å²) in [5, 5.41) is 4.83. The Balaban J connectivity index is 1.51. The minimum Gasteiger partial charge on any atom is -0.367 e. The minimum atomic E-state index is 0.0541. The number of benzene rings is 1. The fourth-order valence-electron chi connectivity index (χ4n) is 3.82. The number of para-hydroxylation sites is 1. The van der Waals surface area contributed by atoms with Crippen LogP contribution in [0.1, 0.15) is 27.5 Å². The number of hydrogen-bond donors (Lipinski definition) is 0. The van der Waals surface area contributed by atoms with Gasteiger partial charge in [0.2, 0.25) is 0 Å². The highest BCUT2D eigenvalue weighted by atomic mass is 35.5. The molecule has 3 heterocycles. The van der Waals surface area contributed by atoms with Crippen molar-refractivity contribution in [3.8, 4) is 5.82 Å². The zero-order valence-electron chi connectivity index (χ0n) is 16.3. The molecule has 1 aliphatic rings. The van der Waals surface area contributed by atoms with Gasteiger partial charge >= 0.3 is 0 Å². The van der Waals surface area contributed by atoms with Gasteiger partial charge in [-0.1, -0.05) is 28.9 Å². The Morgan fingerprint density at radius 3 is 2.43 bits per heavy atom. The SMILES string of the molecule is Cc1cc(-n2c(C)cc(C(=O)N3CCN(c4ccccc4Cl)CC3)c2C)no1. The van der Waals surface area contributed by atoms with E-state index in [4.69, 9.17) is 16.1 Å². The number of carbonyl (C=O) groups excluding carboxylic acids is 1. The van der Waals surface area contributed by atoms with Gasteiger partial charge in [0.15, 0.2) is 5.82 Å². The number of aryl methyl sites for hydroxylation is 2. The van der Waals surface area contributed by atoms with E-state index in [2.05, 4.69) is 10.1 Å². The number of nitrogens with zero attached hydrogens (tertiary/aromatic N) is 4. The summed E-state index contributed by atoms with van der Waals surface area (Å²) < 4.78 is 7.16. The molecule has 1 saturated heterocycles. The lowest BCUT2D eigenvalue weighted by atomic mass is 10.2. The molecule has 4 rings (SSSR count). The van der Waals surface area contributed by atoms with Crippen LogP contribution in [0.25, 0.3) is 5.82 Å². The van der Waals surface area contributed by atoms with Crippen LogP contribution in [0, 0.1) is 20.8 Å². The number of aromatic nitrogens is 2. The molecule has 1 amide bonds. The predicted octanol–water partition coefficient (Wildman–Crippen LogP) is 4.01. The van der Waals surface area contributed by atoms with Gasteiger partial charge in [0.1, 0.15) is 5.76 Å². The third kappa shape index (κ3) is 3.29. The van der Waals surface area contributed by atoms with Gasteiger partial charge in [-0.25, -0.2) is 0 Å². The van der Waals surface area contributed by atoms with Gasteiger partial charge in [-0.2, -0.15) is 0 Å². The Labute approximate surface area is 169 Å². The standard InChI is InChI=1S/C21H23ClN4O2/c1-14-12-17(16(3)26(14)20-13-15(2)28-23-20)21(27)25-10-8-24(9-11-25)19-7-5-4-6-18(19)22/h4-7,12-13H,8-11H2,1-3H3. The summed E-state index contributed by atoms with van der Waals surface area (Å²) in [6.45, 7) is 8.63. The predicted molar refractivity (Wildman–Crippen MR) is 110 cm³/mol. The quantitative estimate of drug-likeness (QED) is 0.669. The Morgan fingerprint density at radius 1 is 1.07 bits per heavy atom. The summed E-state index contributed by atoms with van der Waals surface area (Å²) in [6, 6.07) is 11.6. The number of carbonyl (C=O) groups is 1. The highest BCUT2D eigenvalue weighted by molar-refractivity contribution is 6.33. The summed E-state index contributed by atoms with van der Waals surface area (Å²) in [5.41, 5.74) is 3.58. The van der Waals surface area contributed by atoms with Crippen molar-refractivity contribution in [1.82, 2.24) is 14.6 Å². The molecule has 0 aliphatic carbocycles. The van der Waals surface area contributed by atoms with Crippen LogP contribution in [0.3, 0.4) is 0 Å². The molecule has 3 aromatic rings. The lowest BCUT2D eigenvalue weighted by Gasteiger charge is -2.36. The Morgan fingerprint density at radius 2 is 1.79 bits per heavy atom. The maximum atomic E-state index is 13.2. The summed E-state index contributed by atoms with van der Waals surface area (Å²) in [4.78, 5) is 17.3. The van der Waals surface area contributed by atoms with Gasteiger partial charge in [-0.15, -0.1) is 0 Å². The molecule has 6 nitrogen and oxygen atoms in total. The van der Waals surface area contributed by atoms with E-state index in [-0.39, 0.29) is 5.91 Å². The first-order valence-corrected chi connectivity index (χ1v) is 9.75. The molecule has 146 valence electrons. The molecule has 28 heavy (non-hydrogen) atoms. The zero-order chi connectivity index (χ0) is 19.8.